The number of methoxy groups -OCH3 is 1. The number of hydrogen-bond donors (Lipinski definition) is 2. The molecule has 3 N–H and O–H groups in total. The molecule has 2 amide bonds. The van der Waals surface area contributed by atoms with Crippen molar-refractivity contribution in [1.82, 2.24) is 9.21 Å². The van der Waals surface area contributed by atoms with Crippen LogP contribution in [0.5, 0.6) is 5.75 Å². The van der Waals surface area contributed by atoms with Gasteiger partial charge in [0, 0.05) is 30.9 Å². The number of benzene rings is 2. The first-order valence-electron chi connectivity index (χ1n) is 9.86. The molecule has 10 heteroatoms. The Labute approximate surface area is 181 Å². The van der Waals surface area contributed by atoms with Crippen LogP contribution >= 0.6 is 0 Å². The second kappa shape index (κ2) is 9.90. The van der Waals surface area contributed by atoms with Gasteiger partial charge in [0.1, 0.15) is 5.75 Å². The van der Waals surface area contributed by atoms with E-state index in [1.54, 1.807) is 36.4 Å². The third-order valence-electron chi connectivity index (χ3n) is 5.07. The molecule has 1 aliphatic rings. The fourth-order valence-electron chi connectivity index (χ4n) is 3.36. The molecule has 0 atom stereocenters. The molecule has 0 bridgehead atoms. The highest BCUT2D eigenvalue weighted by molar-refractivity contribution is 7.89. The smallest absolute Gasteiger partial charge is 0.248 e. The minimum absolute atomic E-state index is 0.147. The molecule has 0 spiro atoms. The summed E-state index contributed by atoms with van der Waals surface area (Å²) in [5, 5.41) is 2.78. The minimum Gasteiger partial charge on any atom is -0.497 e. The molecule has 0 unspecified atom stereocenters. The topological polar surface area (TPSA) is 122 Å². The maximum absolute atomic E-state index is 12.9. The van der Waals surface area contributed by atoms with Crippen LogP contribution in [0.4, 0.5) is 5.69 Å². The van der Waals surface area contributed by atoms with E-state index in [-0.39, 0.29) is 17.3 Å². The van der Waals surface area contributed by atoms with Gasteiger partial charge in [0.25, 0.3) is 0 Å². The largest absolute Gasteiger partial charge is 0.497 e. The number of nitrogens with zero attached hydrogens (tertiary/aromatic N) is 2. The lowest BCUT2D eigenvalue weighted by atomic mass is 10.2. The third-order valence-corrected chi connectivity index (χ3v) is 6.98. The molecule has 166 valence electrons. The molecule has 0 radical (unpaired) electrons. The highest BCUT2D eigenvalue weighted by Gasteiger charge is 2.27. The quantitative estimate of drug-likeness (QED) is 0.657. The summed E-state index contributed by atoms with van der Waals surface area (Å²) < 4.78 is 32.4. The summed E-state index contributed by atoms with van der Waals surface area (Å²) in [7, 11) is -2.08. The fraction of sp³-hybridized carbons (Fsp3) is 0.333. The molecule has 0 aromatic heterocycles. The Bertz CT molecular complexity index is 1020. The molecule has 1 fully saturated rings. The molecule has 2 aromatic carbocycles. The molecule has 1 heterocycles. The van der Waals surface area contributed by atoms with Gasteiger partial charge in [-0.05, 0) is 61.5 Å². The predicted molar refractivity (Wildman–Crippen MR) is 116 cm³/mol. The monoisotopic (exact) mass is 446 g/mol. The van der Waals surface area contributed by atoms with Gasteiger partial charge in [-0.15, -0.1) is 0 Å². The van der Waals surface area contributed by atoms with Gasteiger partial charge in [-0.2, -0.15) is 4.31 Å². The average Bonchev–Trinajstić information content (AvgIpc) is 3.00. The Kier molecular flexibility index (Phi) is 7.26. The van der Waals surface area contributed by atoms with Crippen LogP contribution in [0.15, 0.2) is 53.4 Å². The van der Waals surface area contributed by atoms with Crippen molar-refractivity contribution in [2.45, 2.75) is 11.3 Å². The third kappa shape index (κ3) is 5.81. The lowest BCUT2D eigenvalue weighted by Crippen LogP contribution is -2.38. The van der Waals surface area contributed by atoms with Gasteiger partial charge in [-0.3, -0.25) is 14.5 Å². The fourth-order valence-corrected chi connectivity index (χ4v) is 4.83. The Balaban J connectivity index is 1.56. The maximum atomic E-state index is 12.9. The number of nitrogens with one attached hydrogen (secondary N) is 1. The lowest BCUT2D eigenvalue weighted by molar-refractivity contribution is -0.117. The van der Waals surface area contributed by atoms with Crippen molar-refractivity contribution in [3.05, 3.63) is 54.1 Å². The SMILES string of the molecule is COc1ccc(S(=O)(=O)N2CCCN(CC(=O)Nc3ccc(C(N)=O)cc3)CC2)cc1. The molecule has 0 saturated carbocycles. The summed E-state index contributed by atoms with van der Waals surface area (Å²) in [6, 6.07) is 12.6. The van der Waals surface area contributed by atoms with Gasteiger partial charge >= 0.3 is 0 Å². The van der Waals surface area contributed by atoms with Gasteiger partial charge in [0.15, 0.2) is 0 Å². The first-order chi connectivity index (χ1) is 14.8. The summed E-state index contributed by atoms with van der Waals surface area (Å²) >= 11 is 0. The number of primary amides is 1. The van der Waals surface area contributed by atoms with Crippen molar-refractivity contribution in [3.8, 4) is 5.75 Å². The van der Waals surface area contributed by atoms with Gasteiger partial charge in [0.05, 0.1) is 18.6 Å². The summed E-state index contributed by atoms with van der Waals surface area (Å²) in [5.41, 5.74) is 6.14. The van der Waals surface area contributed by atoms with E-state index in [2.05, 4.69) is 5.32 Å². The standard InChI is InChI=1S/C21H26N4O5S/c1-30-18-7-9-19(10-8-18)31(28,29)25-12-2-11-24(13-14-25)15-20(26)23-17-5-3-16(4-6-17)21(22)27/h3-10H,2,11-15H2,1H3,(H2,22,27)(H,23,26). The number of sulfonamides is 1. The van der Waals surface area contributed by atoms with E-state index in [4.69, 9.17) is 10.5 Å². The van der Waals surface area contributed by atoms with E-state index >= 15 is 0 Å². The summed E-state index contributed by atoms with van der Waals surface area (Å²) in [6.07, 6.45) is 0.621. The average molecular weight is 447 g/mol. The number of amides is 2. The number of anilines is 1. The van der Waals surface area contributed by atoms with Crippen molar-refractivity contribution < 1.29 is 22.7 Å². The number of nitrogens with two attached hydrogens (primary N) is 1. The van der Waals surface area contributed by atoms with E-state index in [9.17, 15) is 18.0 Å². The minimum atomic E-state index is -3.61. The Morgan fingerprint density at radius 3 is 2.29 bits per heavy atom. The Morgan fingerprint density at radius 2 is 1.68 bits per heavy atom. The van der Waals surface area contributed by atoms with Crippen molar-refractivity contribution in [2.24, 2.45) is 5.73 Å². The predicted octanol–water partition coefficient (Wildman–Crippen LogP) is 1.13. The number of carbonyl (C=O) groups is 2. The van der Waals surface area contributed by atoms with Crippen LogP contribution in [0, 0.1) is 0 Å². The van der Waals surface area contributed by atoms with E-state index in [1.807, 2.05) is 4.90 Å². The van der Waals surface area contributed by atoms with Crippen molar-refractivity contribution in [1.29, 1.82) is 0 Å². The molecule has 0 aliphatic carbocycles. The van der Waals surface area contributed by atoms with Crippen molar-refractivity contribution in [3.63, 3.8) is 0 Å². The van der Waals surface area contributed by atoms with Crippen LogP contribution in [-0.4, -0.2) is 69.3 Å². The molecule has 1 saturated heterocycles. The number of rotatable bonds is 7. The zero-order valence-electron chi connectivity index (χ0n) is 17.3. The first-order valence-corrected chi connectivity index (χ1v) is 11.3. The summed E-state index contributed by atoms with van der Waals surface area (Å²) in [5.74, 6) is -0.147. The first kappa shape index (κ1) is 22.7. The van der Waals surface area contributed by atoms with Gasteiger partial charge in [0.2, 0.25) is 21.8 Å². The van der Waals surface area contributed by atoms with Crippen molar-refractivity contribution >= 4 is 27.5 Å². The van der Waals surface area contributed by atoms with Crippen LogP contribution in [0.3, 0.4) is 0 Å². The molecular weight excluding hydrogens is 420 g/mol. The van der Waals surface area contributed by atoms with E-state index < -0.39 is 15.9 Å². The molecule has 3 rings (SSSR count). The van der Waals surface area contributed by atoms with E-state index in [0.29, 0.717) is 49.6 Å². The van der Waals surface area contributed by atoms with Gasteiger partial charge < -0.3 is 15.8 Å². The maximum Gasteiger partial charge on any atom is 0.248 e. The van der Waals surface area contributed by atoms with Gasteiger partial charge in [-0.1, -0.05) is 0 Å². The molecular formula is C21H26N4O5S. The van der Waals surface area contributed by atoms with Crippen LogP contribution in [-0.2, 0) is 14.8 Å². The number of hydrogen-bond acceptors (Lipinski definition) is 6. The molecule has 1 aliphatic heterocycles. The van der Waals surface area contributed by atoms with E-state index in [1.165, 1.54) is 23.5 Å². The summed E-state index contributed by atoms with van der Waals surface area (Å²) in [4.78, 5) is 25.7. The van der Waals surface area contributed by atoms with Crippen LogP contribution in [0.2, 0.25) is 0 Å². The number of carbonyl (C=O) groups excluding carboxylic acids is 2. The van der Waals surface area contributed by atoms with Crippen LogP contribution in [0.25, 0.3) is 0 Å². The van der Waals surface area contributed by atoms with Gasteiger partial charge in [-0.25, -0.2) is 8.42 Å². The highest BCUT2D eigenvalue weighted by Crippen LogP contribution is 2.21. The highest BCUT2D eigenvalue weighted by atomic mass is 32.2. The molecule has 9 nitrogen and oxygen atoms in total. The second-order valence-electron chi connectivity index (χ2n) is 7.20. The Hall–Kier alpha value is -2.95. The van der Waals surface area contributed by atoms with Crippen molar-refractivity contribution in [2.75, 3.05) is 45.2 Å². The summed E-state index contributed by atoms with van der Waals surface area (Å²) in [6.45, 7) is 1.90. The van der Waals surface area contributed by atoms with E-state index in [0.717, 1.165) is 0 Å². The zero-order valence-corrected chi connectivity index (χ0v) is 18.1. The second-order valence-corrected chi connectivity index (χ2v) is 9.14. The molecule has 31 heavy (non-hydrogen) atoms. The van der Waals surface area contributed by atoms with Crippen LogP contribution < -0.4 is 15.8 Å². The molecule has 2 aromatic rings. The zero-order chi connectivity index (χ0) is 22.4. The number of ether oxygens (including phenoxy) is 1. The van der Waals surface area contributed by atoms with Crippen LogP contribution in [0.1, 0.15) is 16.8 Å². The Morgan fingerprint density at radius 1 is 1.00 bits per heavy atom. The normalized spacial score (nSPS) is 15.8. The lowest BCUT2D eigenvalue weighted by Gasteiger charge is -2.21.